The first kappa shape index (κ1) is 14.9. The summed E-state index contributed by atoms with van der Waals surface area (Å²) in [6.45, 7) is 5.77. The molecule has 0 saturated heterocycles. The van der Waals surface area contributed by atoms with Gasteiger partial charge in [0.05, 0.1) is 0 Å². The number of anilines is 1. The third kappa shape index (κ3) is 5.79. The molecule has 0 heterocycles. The van der Waals surface area contributed by atoms with Crippen molar-refractivity contribution in [3.05, 3.63) is 40.3 Å². The van der Waals surface area contributed by atoms with E-state index in [1.165, 1.54) is 0 Å². The van der Waals surface area contributed by atoms with Crippen LogP contribution in [-0.2, 0) is 11.2 Å². The molecule has 1 rings (SSSR count). The van der Waals surface area contributed by atoms with Crippen molar-refractivity contribution in [1.82, 2.24) is 0 Å². The predicted molar refractivity (Wildman–Crippen MR) is 74.0 cm³/mol. The topological polar surface area (TPSA) is 87.1 Å². The van der Waals surface area contributed by atoms with Gasteiger partial charge in [-0.1, -0.05) is 23.3 Å². The molecule has 0 aliphatic heterocycles. The van der Waals surface area contributed by atoms with Gasteiger partial charge in [0.2, 0.25) is 0 Å². The fourth-order valence-electron chi connectivity index (χ4n) is 1.49. The van der Waals surface area contributed by atoms with E-state index in [0.29, 0.717) is 18.7 Å². The summed E-state index contributed by atoms with van der Waals surface area (Å²) in [6.07, 6.45) is 0.0690. The quantitative estimate of drug-likeness (QED) is 0.507. The smallest absolute Gasteiger partial charge is 0.412 e. The number of hydrogen-bond donors (Lipinski definition) is 1. The molecule has 6 heteroatoms. The highest BCUT2D eigenvalue weighted by Crippen LogP contribution is 2.17. The van der Waals surface area contributed by atoms with Crippen molar-refractivity contribution in [3.8, 4) is 0 Å². The molecular formula is C13H18N4O2. The monoisotopic (exact) mass is 262 g/mol. The highest BCUT2D eigenvalue weighted by Gasteiger charge is 2.16. The van der Waals surface area contributed by atoms with Gasteiger partial charge in [-0.15, -0.1) is 0 Å². The summed E-state index contributed by atoms with van der Waals surface area (Å²) in [6, 6.07) is 7.35. The number of azide groups is 1. The van der Waals surface area contributed by atoms with E-state index in [4.69, 9.17) is 10.3 Å². The number of benzene rings is 1. The molecule has 0 spiro atoms. The molecule has 0 bridgehead atoms. The average Bonchev–Trinajstić information content (AvgIpc) is 2.29. The van der Waals surface area contributed by atoms with Gasteiger partial charge >= 0.3 is 6.09 Å². The Morgan fingerprint density at radius 2 is 2.11 bits per heavy atom. The number of amides is 1. The SMILES string of the molecule is CC(C)(C)OC(=O)Nc1ccccc1CCN=[N+]=[N-]. The van der Waals surface area contributed by atoms with Crippen LogP contribution in [0, 0.1) is 0 Å². The Morgan fingerprint density at radius 1 is 1.42 bits per heavy atom. The number of rotatable bonds is 4. The molecular weight excluding hydrogens is 244 g/mol. The van der Waals surface area contributed by atoms with E-state index in [0.717, 1.165) is 5.56 Å². The summed E-state index contributed by atoms with van der Waals surface area (Å²) in [7, 11) is 0. The van der Waals surface area contributed by atoms with E-state index < -0.39 is 11.7 Å². The number of carbonyl (C=O) groups excluding carboxylic acids is 1. The van der Waals surface area contributed by atoms with Crippen LogP contribution in [0.15, 0.2) is 29.4 Å². The summed E-state index contributed by atoms with van der Waals surface area (Å²) >= 11 is 0. The van der Waals surface area contributed by atoms with Crippen molar-refractivity contribution < 1.29 is 9.53 Å². The molecule has 0 aliphatic rings. The van der Waals surface area contributed by atoms with Crippen LogP contribution in [0.4, 0.5) is 10.5 Å². The zero-order valence-corrected chi connectivity index (χ0v) is 11.4. The number of nitrogens with one attached hydrogen (secondary N) is 1. The summed E-state index contributed by atoms with van der Waals surface area (Å²) < 4.78 is 5.19. The van der Waals surface area contributed by atoms with Crippen LogP contribution in [0.1, 0.15) is 26.3 Å². The minimum atomic E-state index is -0.538. The van der Waals surface area contributed by atoms with Crippen LogP contribution < -0.4 is 5.32 Å². The van der Waals surface area contributed by atoms with Crippen molar-refractivity contribution in [2.45, 2.75) is 32.8 Å². The molecule has 0 unspecified atom stereocenters. The van der Waals surface area contributed by atoms with Gasteiger partial charge in [0.1, 0.15) is 5.60 Å². The molecule has 1 N–H and O–H groups in total. The normalized spacial score (nSPS) is 10.5. The third-order valence-corrected chi connectivity index (χ3v) is 2.20. The highest BCUT2D eigenvalue weighted by molar-refractivity contribution is 5.85. The van der Waals surface area contributed by atoms with Crippen molar-refractivity contribution >= 4 is 11.8 Å². The lowest BCUT2D eigenvalue weighted by molar-refractivity contribution is 0.0636. The van der Waals surface area contributed by atoms with Crippen molar-refractivity contribution in [3.63, 3.8) is 0 Å². The lowest BCUT2D eigenvalue weighted by Gasteiger charge is -2.20. The summed E-state index contributed by atoms with van der Waals surface area (Å²) in [5, 5.41) is 6.18. The molecule has 0 atom stereocenters. The van der Waals surface area contributed by atoms with Gasteiger partial charge < -0.3 is 4.74 Å². The van der Waals surface area contributed by atoms with Crippen LogP contribution in [0.25, 0.3) is 10.4 Å². The second-order valence-corrected chi connectivity index (χ2v) is 4.99. The second-order valence-electron chi connectivity index (χ2n) is 4.99. The van der Waals surface area contributed by atoms with Crippen molar-refractivity contribution in [1.29, 1.82) is 0 Å². The molecule has 0 aromatic heterocycles. The summed E-state index contributed by atoms with van der Waals surface area (Å²) in [4.78, 5) is 14.4. The Labute approximate surface area is 112 Å². The Bertz CT molecular complexity index is 488. The van der Waals surface area contributed by atoms with Gasteiger partial charge in [-0.3, -0.25) is 5.32 Å². The minimum Gasteiger partial charge on any atom is -0.444 e. The van der Waals surface area contributed by atoms with Gasteiger partial charge in [0.15, 0.2) is 0 Å². The maximum absolute atomic E-state index is 11.7. The highest BCUT2D eigenvalue weighted by atomic mass is 16.6. The Morgan fingerprint density at radius 3 is 2.74 bits per heavy atom. The van der Waals surface area contributed by atoms with E-state index in [9.17, 15) is 4.79 Å². The maximum Gasteiger partial charge on any atom is 0.412 e. The van der Waals surface area contributed by atoms with Gasteiger partial charge in [0.25, 0.3) is 0 Å². The van der Waals surface area contributed by atoms with E-state index in [1.807, 2.05) is 18.2 Å². The Hall–Kier alpha value is -2.20. The van der Waals surface area contributed by atoms with Crippen LogP contribution >= 0.6 is 0 Å². The van der Waals surface area contributed by atoms with E-state index >= 15 is 0 Å². The fraction of sp³-hybridized carbons (Fsp3) is 0.462. The first-order chi connectivity index (χ1) is 8.92. The van der Waals surface area contributed by atoms with E-state index in [2.05, 4.69) is 15.3 Å². The molecule has 6 nitrogen and oxygen atoms in total. The summed E-state index contributed by atoms with van der Waals surface area (Å²) in [5.74, 6) is 0. The largest absolute Gasteiger partial charge is 0.444 e. The molecule has 0 fully saturated rings. The number of ether oxygens (including phenoxy) is 1. The molecule has 0 saturated carbocycles. The molecule has 1 amide bonds. The van der Waals surface area contributed by atoms with E-state index in [1.54, 1.807) is 26.8 Å². The molecule has 0 aliphatic carbocycles. The van der Waals surface area contributed by atoms with Gasteiger partial charge in [0, 0.05) is 17.1 Å². The molecule has 19 heavy (non-hydrogen) atoms. The fourth-order valence-corrected chi connectivity index (χ4v) is 1.49. The molecule has 1 aromatic rings. The molecule has 1 aromatic carbocycles. The predicted octanol–water partition coefficient (Wildman–Crippen LogP) is 3.89. The average molecular weight is 262 g/mol. The van der Waals surface area contributed by atoms with Crippen LogP contribution in [0.3, 0.4) is 0 Å². The maximum atomic E-state index is 11.7. The Balaban J connectivity index is 2.72. The Kier molecular flexibility index (Phi) is 5.21. The third-order valence-electron chi connectivity index (χ3n) is 2.20. The molecule has 0 radical (unpaired) electrons. The zero-order chi connectivity index (χ0) is 14.3. The van der Waals surface area contributed by atoms with Crippen LogP contribution in [-0.4, -0.2) is 18.2 Å². The van der Waals surface area contributed by atoms with Crippen LogP contribution in [0.2, 0.25) is 0 Å². The lowest BCUT2D eigenvalue weighted by Crippen LogP contribution is -2.27. The van der Waals surface area contributed by atoms with Crippen molar-refractivity contribution in [2.75, 3.05) is 11.9 Å². The van der Waals surface area contributed by atoms with Gasteiger partial charge in [-0.2, -0.15) is 0 Å². The summed E-state index contributed by atoms with van der Waals surface area (Å²) in [5.41, 5.74) is 9.29. The number of hydrogen-bond acceptors (Lipinski definition) is 3. The number of carbonyl (C=O) groups is 1. The first-order valence-corrected chi connectivity index (χ1v) is 6.01. The van der Waals surface area contributed by atoms with Gasteiger partial charge in [-0.05, 0) is 44.4 Å². The number of para-hydroxylation sites is 1. The van der Waals surface area contributed by atoms with Crippen molar-refractivity contribution in [2.24, 2.45) is 5.11 Å². The number of nitrogens with zero attached hydrogens (tertiary/aromatic N) is 3. The zero-order valence-electron chi connectivity index (χ0n) is 11.4. The van der Waals surface area contributed by atoms with E-state index in [-0.39, 0.29) is 0 Å². The lowest BCUT2D eigenvalue weighted by atomic mass is 10.1. The minimum absolute atomic E-state index is 0.351. The first-order valence-electron chi connectivity index (χ1n) is 6.01. The van der Waals surface area contributed by atoms with Gasteiger partial charge in [-0.25, -0.2) is 4.79 Å². The van der Waals surface area contributed by atoms with Crippen LogP contribution in [0.5, 0.6) is 0 Å². The standard InChI is InChI=1S/C13H18N4O2/c1-13(2,3)19-12(18)16-11-7-5-4-6-10(11)8-9-15-17-14/h4-7H,8-9H2,1-3H3,(H,16,18). The second kappa shape index (κ2) is 6.66. The molecule has 102 valence electrons.